The Balaban J connectivity index is 3.45. The standard InChI is InChI=1S/C65H123NO5/c1-3-5-7-9-11-13-15-17-18-19-20-21-22-23-24-27-30-34-37-41-45-49-53-57-63(68)62(61-67)66-64(69)58-54-50-46-42-38-35-31-28-25-26-29-32-36-40-44-48-52-56-60-71-65(70)59-55-51-47-43-39-33-16-14-12-10-8-6-4-2/h8,10,14,16,53,57,62-63,67-68H,3-7,9,11-13,15,17-52,54-56,58-61H2,1-2H3,(H,66,69)/b10-8-,16-14-,57-53+. The predicted octanol–water partition coefficient (Wildman–Crippen LogP) is 20.0. The number of rotatable bonds is 59. The van der Waals surface area contributed by atoms with Crippen molar-refractivity contribution < 1.29 is 24.5 Å². The number of unbranched alkanes of at least 4 members (excludes halogenated alkanes) is 44. The number of hydrogen-bond acceptors (Lipinski definition) is 5. The van der Waals surface area contributed by atoms with E-state index in [-0.39, 0.29) is 18.5 Å². The van der Waals surface area contributed by atoms with Crippen molar-refractivity contribution in [2.24, 2.45) is 0 Å². The number of ether oxygens (including phenoxy) is 1. The molecule has 0 saturated heterocycles. The first-order chi connectivity index (χ1) is 35.0. The molecule has 0 spiro atoms. The van der Waals surface area contributed by atoms with E-state index < -0.39 is 12.1 Å². The third-order valence-electron chi connectivity index (χ3n) is 14.6. The first-order valence-corrected chi connectivity index (χ1v) is 31.8. The van der Waals surface area contributed by atoms with Crippen LogP contribution in [0.2, 0.25) is 0 Å². The number of allylic oxidation sites excluding steroid dienone is 5. The number of aliphatic hydroxyl groups excluding tert-OH is 2. The molecule has 418 valence electrons. The molecule has 0 aliphatic heterocycles. The van der Waals surface area contributed by atoms with Crippen LogP contribution in [0.5, 0.6) is 0 Å². The van der Waals surface area contributed by atoms with E-state index in [9.17, 15) is 19.8 Å². The van der Waals surface area contributed by atoms with Gasteiger partial charge in [0.2, 0.25) is 5.91 Å². The van der Waals surface area contributed by atoms with E-state index in [1.165, 1.54) is 263 Å². The van der Waals surface area contributed by atoms with Crippen LogP contribution in [-0.4, -0.2) is 47.4 Å². The highest BCUT2D eigenvalue weighted by molar-refractivity contribution is 5.76. The summed E-state index contributed by atoms with van der Waals surface area (Å²) in [5.41, 5.74) is 0. The lowest BCUT2D eigenvalue weighted by molar-refractivity contribution is -0.143. The van der Waals surface area contributed by atoms with Gasteiger partial charge in [-0.25, -0.2) is 0 Å². The summed E-state index contributed by atoms with van der Waals surface area (Å²) >= 11 is 0. The van der Waals surface area contributed by atoms with Crippen molar-refractivity contribution in [3.63, 3.8) is 0 Å². The average Bonchev–Trinajstić information content (AvgIpc) is 3.37. The maximum atomic E-state index is 12.5. The lowest BCUT2D eigenvalue weighted by Gasteiger charge is -2.20. The van der Waals surface area contributed by atoms with E-state index in [0.717, 1.165) is 51.4 Å². The average molecular weight is 999 g/mol. The van der Waals surface area contributed by atoms with Crippen LogP contribution in [0.1, 0.15) is 341 Å². The third kappa shape index (κ3) is 57.2. The van der Waals surface area contributed by atoms with Gasteiger partial charge in [0.25, 0.3) is 0 Å². The molecule has 6 nitrogen and oxygen atoms in total. The van der Waals surface area contributed by atoms with Gasteiger partial charge in [0, 0.05) is 12.8 Å². The summed E-state index contributed by atoms with van der Waals surface area (Å²) in [6.07, 6.45) is 76.1. The normalized spacial score (nSPS) is 12.8. The Labute approximate surface area is 443 Å². The summed E-state index contributed by atoms with van der Waals surface area (Å²) in [4.78, 5) is 24.5. The van der Waals surface area contributed by atoms with Crippen LogP contribution in [0, 0.1) is 0 Å². The van der Waals surface area contributed by atoms with Gasteiger partial charge in [-0.1, -0.05) is 307 Å². The quantitative estimate of drug-likeness (QED) is 0.0321. The second-order valence-electron chi connectivity index (χ2n) is 21.7. The van der Waals surface area contributed by atoms with Gasteiger partial charge in [-0.2, -0.15) is 0 Å². The molecule has 1 amide bonds. The molecule has 0 heterocycles. The summed E-state index contributed by atoms with van der Waals surface area (Å²) in [7, 11) is 0. The molecule has 0 bridgehead atoms. The molecule has 0 aromatic rings. The van der Waals surface area contributed by atoms with Crippen LogP contribution in [0.4, 0.5) is 0 Å². The van der Waals surface area contributed by atoms with E-state index >= 15 is 0 Å². The molecule has 0 aliphatic carbocycles. The Kier molecular flexibility index (Phi) is 59.0. The van der Waals surface area contributed by atoms with Gasteiger partial charge in [0.15, 0.2) is 0 Å². The fourth-order valence-electron chi connectivity index (χ4n) is 9.79. The number of carbonyl (C=O) groups excluding carboxylic acids is 2. The molecule has 0 rings (SSSR count). The highest BCUT2D eigenvalue weighted by atomic mass is 16.5. The van der Waals surface area contributed by atoms with Crippen molar-refractivity contribution in [1.29, 1.82) is 0 Å². The maximum absolute atomic E-state index is 12.5. The molecule has 2 atom stereocenters. The fourth-order valence-corrected chi connectivity index (χ4v) is 9.79. The lowest BCUT2D eigenvalue weighted by Crippen LogP contribution is -2.45. The maximum Gasteiger partial charge on any atom is 0.305 e. The largest absolute Gasteiger partial charge is 0.466 e. The van der Waals surface area contributed by atoms with E-state index in [1.54, 1.807) is 6.08 Å². The zero-order valence-electron chi connectivity index (χ0n) is 47.7. The SMILES string of the molecule is CCC/C=C\C/C=C\CCCCCCCC(=O)OCCCCCCCCCCCCCCCCCCCCC(=O)NC(CO)C(O)/C=C/CCCCCCCCCCCCCCCCCCCCCCC. The second-order valence-corrected chi connectivity index (χ2v) is 21.7. The van der Waals surface area contributed by atoms with Gasteiger partial charge in [-0.3, -0.25) is 9.59 Å². The molecule has 6 heteroatoms. The number of esters is 1. The minimum atomic E-state index is -0.849. The van der Waals surface area contributed by atoms with Crippen LogP contribution in [0.3, 0.4) is 0 Å². The van der Waals surface area contributed by atoms with Gasteiger partial charge in [0.05, 0.1) is 25.4 Å². The zero-order chi connectivity index (χ0) is 51.4. The summed E-state index contributed by atoms with van der Waals surface area (Å²) in [6.45, 7) is 4.85. The molecule has 0 aromatic heterocycles. The zero-order valence-corrected chi connectivity index (χ0v) is 47.7. The molecule has 0 fully saturated rings. The van der Waals surface area contributed by atoms with E-state index in [2.05, 4.69) is 43.5 Å². The lowest BCUT2D eigenvalue weighted by atomic mass is 10.0. The Bertz CT molecular complexity index is 1150. The second kappa shape index (κ2) is 60.6. The molecule has 3 N–H and O–H groups in total. The first-order valence-electron chi connectivity index (χ1n) is 31.8. The monoisotopic (exact) mass is 998 g/mol. The van der Waals surface area contributed by atoms with Gasteiger partial charge < -0.3 is 20.3 Å². The fraction of sp³-hybridized carbons (Fsp3) is 0.877. The summed E-state index contributed by atoms with van der Waals surface area (Å²) in [6, 6.07) is -0.633. The van der Waals surface area contributed by atoms with Crippen LogP contribution in [0.15, 0.2) is 36.5 Å². The van der Waals surface area contributed by atoms with Crippen LogP contribution >= 0.6 is 0 Å². The Hall–Kier alpha value is -1.92. The molecule has 0 aliphatic rings. The van der Waals surface area contributed by atoms with Gasteiger partial charge >= 0.3 is 5.97 Å². The van der Waals surface area contributed by atoms with Crippen LogP contribution in [0.25, 0.3) is 0 Å². The van der Waals surface area contributed by atoms with E-state index in [0.29, 0.717) is 19.4 Å². The minimum Gasteiger partial charge on any atom is -0.466 e. The van der Waals surface area contributed by atoms with E-state index in [4.69, 9.17) is 4.74 Å². The number of carbonyl (C=O) groups is 2. The van der Waals surface area contributed by atoms with Gasteiger partial charge in [-0.15, -0.1) is 0 Å². The van der Waals surface area contributed by atoms with Gasteiger partial charge in [0.1, 0.15) is 0 Å². The summed E-state index contributed by atoms with van der Waals surface area (Å²) < 4.78 is 5.46. The van der Waals surface area contributed by atoms with Crippen molar-refractivity contribution >= 4 is 11.9 Å². The summed E-state index contributed by atoms with van der Waals surface area (Å²) in [5, 5.41) is 23.2. The highest BCUT2D eigenvalue weighted by Crippen LogP contribution is 2.18. The topological polar surface area (TPSA) is 95.9 Å². The highest BCUT2D eigenvalue weighted by Gasteiger charge is 2.18. The van der Waals surface area contributed by atoms with Crippen molar-refractivity contribution in [1.82, 2.24) is 5.32 Å². The molecule has 2 unspecified atom stereocenters. The Morgan fingerprint density at radius 2 is 0.732 bits per heavy atom. The number of amides is 1. The first kappa shape index (κ1) is 69.1. The molecular weight excluding hydrogens is 875 g/mol. The molecule has 0 saturated carbocycles. The number of nitrogens with one attached hydrogen (secondary N) is 1. The number of hydrogen-bond donors (Lipinski definition) is 3. The molecular formula is C65H123NO5. The Morgan fingerprint density at radius 1 is 0.394 bits per heavy atom. The van der Waals surface area contributed by atoms with Crippen LogP contribution < -0.4 is 5.32 Å². The molecule has 71 heavy (non-hydrogen) atoms. The number of aliphatic hydroxyl groups is 2. The van der Waals surface area contributed by atoms with Crippen molar-refractivity contribution in [2.75, 3.05) is 13.2 Å². The minimum absolute atomic E-state index is 0.00853. The van der Waals surface area contributed by atoms with Gasteiger partial charge in [-0.05, 0) is 57.8 Å². The molecule has 0 radical (unpaired) electrons. The predicted molar refractivity (Wildman–Crippen MR) is 310 cm³/mol. The smallest absolute Gasteiger partial charge is 0.305 e. The van der Waals surface area contributed by atoms with Crippen molar-refractivity contribution in [3.8, 4) is 0 Å². The summed E-state index contributed by atoms with van der Waals surface area (Å²) in [5.74, 6) is -0.0779. The third-order valence-corrected chi connectivity index (χ3v) is 14.6. The van der Waals surface area contributed by atoms with Crippen LogP contribution in [-0.2, 0) is 14.3 Å². The van der Waals surface area contributed by atoms with Crippen molar-refractivity contribution in [2.45, 2.75) is 353 Å². The molecule has 0 aromatic carbocycles. The van der Waals surface area contributed by atoms with Crippen molar-refractivity contribution in [3.05, 3.63) is 36.5 Å². The van der Waals surface area contributed by atoms with E-state index in [1.807, 2.05) is 6.08 Å². The Morgan fingerprint density at radius 3 is 1.13 bits per heavy atom.